The summed E-state index contributed by atoms with van der Waals surface area (Å²) < 4.78 is 36.8. The first kappa shape index (κ1) is 17.9. The molecular weight excluding hydrogens is 317 g/mol. The van der Waals surface area contributed by atoms with Gasteiger partial charge in [-0.15, -0.1) is 0 Å². The highest BCUT2D eigenvalue weighted by molar-refractivity contribution is 8.13. The number of rotatable bonds is 6. The van der Waals surface area contributed by atoms with Crippen LogP contribution in [0.3, 0.4) is 0 Å². The van der Waals surface area contributed by atoms with E-state index in [1.807, 2.05) is 6.92 Å². The maximum absolute atomic E-state index is 14.1. The molecule has 0 atom stereocenters. The third-order valence-electron chi connectivity index (χ3n) is 3.18. The average Bonchev–Trinajstić information content (AvgIpc) is 2.39. The molecule has 0 aliphatic heterocycles. The Bertz CT molecular complexity index is 631. The summed E-state index contributed by atoms with van der Waals surface area (Å²) in [5, 5.41) is 0. The molecule has 118 valence electrons. The maximum Gasteiger partial charge on any atom is 0.261 e. The SMILES string of the molecule is CCCCCN(C)C(=O)c1cc(S(=O)(=O)Cl)cc(C)c1F. The van der Waals surface area contributed by atoms with Gasteiger partial charge >= 0.3 is 0 Å². The standard InChI is InChI=1S/C14H19ClFNO3S/c1-4-5-6-7-17(3)14(18)12-9-11(21(15,19)20)8-10(2)13(12)16/h8-9H,4-7H2,1-3H3. The second-order valence-corrected chi connectivity index (χ2v) is 7.54. The topological polar surface area (TPSA) is 54.5 Å². The van der Waals surface area contributed by atoms with E-state index in [2.05, 4.69) is 0 Å². The van der Waals surface area contributed by atoms with Crippen molar-refractivity contribution < 1.29 is 17.6 Å². The molecule has 0 radical (unpaired) electrons. The van der Waals surface area contributed by atoms with Crippen LogP contribution in [0.4, 0.5) is 4.39 Å². The third kappa shape index (κ3) is 4.68. The first-order chi connectivity index (χ1) is 9.68. The van der Waals surface area contributed by atoms with E-state index < -0.39 is 20.8 Å². The highest BCUT2D eigenvalue weighted by Crippen LogP contribution is 2.23. The molecule has 0 saturated carbocycles. The van der Waals surface area contributed by atoms with Crippen LogP contribution in [-0.2, 0) is 9.05 Å². The predicted octanol–water partition coefficient (Wildman–Crippen LogP) is 3.32. The van der Waals surface area contributed by atoms with E-state index in [1.165, 1.54) is 11.8 Å². The van der Waals surface area contributed by atoms with Crippen molar-refractivity contribution in [3.8, 4) is 0 Å². The van der Waals surface area contributed by atoms with Gasteiger partial charge in [0.15, 0.2) is 0 Å². The van der Waals surface area contributed by atoms with Crippen molar-refractivity contribution in [3.63, 3.8) is 0 Å². The normalized spacial score (nSPS) is 11.5. The Kier molecular flexibility index (Phi) is 6.16. The zero-order valence-corrected chi connectivity index (χ0v) is 13.9. The Morgan fingerprint density at radius 2 is 1.95 bits per heavy atom. The molecule has 0 N–H and O–H groups in total. The fourth-order valence-corrected chi connectivity index (χ4v) is 2.78. The van der Waals surface area contributed by atoms with Crippen molar-refractivity contribution in [3.05, 3.63) is 29.1 Å². The van der Waals surface area contributed by atoms with E-state index in [1.54, 1.807) is 7.05 Å². The molecule has 0 aliphatic rings. The Hall–Kier alpha value is -1.14. The molecule has 0 aromatic heterocycles. The predicted molar refractivity (Wildman–Crippen MR) is 80.7 cm³/mol. The fraction of sp³-hybridized carbons (Fsp3) is 0.500. The average molecular weight is 336 g/mol. The first-order valence-electron chi connectivity index (χ1n) is 6.68. The van der Waals surface area contributed by atoms with Gasteiger partial charge in [-0.25, -0.2) is 12.8 Å². The van der Waals surface area contributed by atoms with Crippen LogP contribution in [0, 0.1) is 12.7 Å². The number of benzene rings is 1. The minimum Gasteiger partial charge on any atom is -0.342 e. The van der Waals surface area contributed by atoms with Gasteiger partial charge in [0.05, 0.1) is 10.5 Å². The van der Waals surface area contributed by atoms with E-state index >= 15 is 0 Å². The van der Waals surface area contributed by atoms with Gasteiger partial charge in [-0.3, -0.25) is 4.79 Å². The molecule has 1 aromatic carbocycles. The van der Waals surface area contributed by atoms with Gasteiger partial charge in [0, 0.05) is 24.3 Å². The molecule has 0 spiro atoms. The van der Waals surface area contributed by atoms with E-state index in [0.29, 0.717) is 6.54 Å². The van der Waals surface area contributed by atoms with Crippen LogP contribution in [0.25, 0.3) is 0 Å². The number of hydrogen-bond donors (Lipinski definition) is 0. The quantitative estimate of drug-likeness (QED) is 0.592. The number of aryl methyl sites for hydroxylation is 1. The van der Waals surface area contributed by atoms with E-state index in [4.69, 9.17) is 10.7 Å². The molecule has 1 rings (SSSR count). The number of unbranched alkanes of at least 4 members (excludes halogenated alkanes) is 2. The molecule has 0 saturated heterocycles. The highest BCUT2D eigenvalue weighted by Gasteiger charge is 2.22. The van der Waals surface area contributed by atoms with Gasteiger partial charge in [-0.05, 0) is 31.0 Å². The molecule has 7 heteroatoms. The van der Waals surface area contributed by atoms with E-state index in [0.717, 1.165) is 31.4 Å². The van der Waals surface area contributed by atoms with Gasteiger partial charge in [-0.1, -0.05) is 19.8 Å². The zero-order chi connectivity index (χ0) is 16.2. The molecule has 0 aliphatic carbocycles. The Balaban J connectivity index is 3.11. The number of carbonyl (C=O) groups is 1. The van der Waals surface area contributed by atoms with Crippen LogP contribution in [0.15, 0.2) is 17.0 Å². The Labute approximate surface area is 129 Å². The number of halogens is 2. The lowest BCUT2D eigenvalue weighted by molar-refractivity contribution is 0.0787. The molecule has 0 unspecified atom stereocenters. The molecular formula is C14H19ClFNO3S. The Morgan fingerprint density at radius 3 is 2.48 bits per heavy atom. The van der Waals surface area contributed by atoms with Gasteiger partial charge in [0.1, 0.15) is 5.82 Å². The first-order valence-corrected chi connectivity index (χ1v) is 8.99. The van der Waals surface area contributed by atoms with Gasteiger partial charge in [0.2, 0.25) is 0 Å². The Morgan fingerprint density at radius 1 is 1.33 bits per heavy atom. The summed E-state index contributed by atoms with van der Waals surface area (Å²) in [5.41, 5.74) is -0.199. The highest BCUT2D eigenvalue weighted by atomic mass is 35.7. The number of amides is 1. The lowest BCUT2D eigenvalue weighted by Crippen LogP contribution is -2.29. The maximum atomic E-state index is 14.1. The van der Waals surface area contributed by atoms with Crippen molar-refractivity contribution in [1.82, 2.24) is 4.90 Å². The minimum absolute atomic E-state index is 0.0713. The molecule has 1 amide bonds. The van der Waals surface area contributed by atoms with Crippen molar-refractivity contribution in [2.24, 2.45) is 0 Å². The van der Waals surface area contributed by atoms with Crippen LogP contribution in [0.2, 0.25) is 0 Å². The van der Waals surface area contributed by atoms with Gasteiger partial charge in [0.25, 0.3) is 15.0 Å². The van der Waals surface area contributed by atoms with Crippen LogP contribution in [0.5, 0.6) is 0 Å². The van der Waals surface area contributed by atoms with Crippen molar-refractivity contribution in [2.45, 2.75) is 38.0 Å². The van der Waals surface area contributed by atoms with Crippen LogP contribution < -0.4 is 0 Å². The lowest BCUT2D eigenvalue weighted by Gasteiger charge is -2.18. The number of carbonyl (C=O) groups excluding carboxylic acids is 1. The van der Waals surface area contributed by atoms with Crippen LogP contribution in [0.1, 0.15) is 42.1 Å². The van der Waals surface area contributed by atoms with Gasteiger partial charge in [-0.2, -0.15) is 0 Å². The number of nitrogens with zero attached hydrogens (tertiary/aromatic N) is 1. The molecule has 1 aromatic rings. The fourth-order valence-electron chi connectivity index (χ4n) is 1.94. The third-order valence-corrected chi connectivity index (χ3v) is 4.52. The summed E-state index contributed by atoms with van der Waals surface area (Å²) >= 11 is 0. The zero-order valence-electron chi connectivity index (χ0n) is 12.3. The minimum atomic E-state index is -4.01. The summed E-state index contributed by atoms with van der Waals surface area (Å²) in [5.74, 6) is -1.26. The number of hydrogen-bond acceptors (Lipinski definition) is 3. The second kappa shape index (κ2) is 7.22. The summed E-state index contributed by atoms with van der Waals surface area (Å²) in [4.78, 5) is 13.4. The summed E-state index contributed by atoms with van der Waals surface area (Å²) in [6.07, 6.45) is 2.79. The van der Waals surface area contributed by atoms with Crippen molar-refractivity contribution >= 4 is 25.6 Å². The smallest absolute Gasteiger partial charge is 0.261 e. The van der Waals surface area contributed by atoms with Crippen molar-refractivity contribution in [1.29, 1.82) is 0 Å². The molecule has 0 bridgehead atoms. The van der Waals surface area contributed by atoms with Gasteiger partial charge < -0.3 is 4.90 Å². The largest absolute Gasteiger partial charge is 0.342 e. The van der Waals surface area contributed by atoms with Crippen LogP contribution >= 0.6 is 10.7 Å². The molecule has 0 fully saturated rings. The van der Waals surface area contributed by atoms with E-state index in [-0.39, 0.29) is 16.0 Å². The second-order valence-electron chi connectivity index (χ2n) is 4.97. The molecule has 21 heavy (non-hydrogen) atoms. The van der Waals surface area contributed by atoms with Crippen molar-refractivity contribution in [2.75, 3.05) is 13.6 Å². The van der Waals surface area contributed by atoms with E-state index in [9.17, 15) is 17.6 Å². The summed E-state index contributed by atoms with van der Waals surface area (Å²) in [7, 11) is 2.82. The summed E-state index contributed by atoms with van der Waals surface area (Å²) in [6, 6.07) is 2.11. The lowest BCUT2D eigenvalue weighted by atomic mass is 10.1. The van der Waals surface area contributed by atoms with Crippen LogP contribution in [-0.4, -0.2) is 32.8 Å². The summed E-state index contributed by atoms with van der Waals surface area (Å²) in [6.45, 7) is 3.93. The monoisotopic (exact) mass is 335 g/mol. The molecule has 4 nitrogen and oxygen atoms in total. The molecule has 0 heterocycles.